The van der Waals surface area contributed by atoms with Crippen molar-refractivity contribution in [2.45, 2.75) is 26.5 Å². The summed E-state index contributed by atoms with van der Waals surface area (Å²) in [5, 5.41) is 3.29. The predicted molar refractivity (Wildman–Crippen MR) is 69.9 cm³/mol. The van der Waals surface area contributed by atoms with Gasteiger partial charge in [-0.05, 0) is 30.7 Å². The molecule has 0 spiro atoms. The molecule has 0 fully saturated rings. The SMILES string of the molecule is CCCNCc1ccc(F)c(COCCOC)c1. The Morgan fingerprint density at radius 1 is 1.28 bits per heavy atom. The van der Waals surface area contributed by atoms with E-state index in [1.165, 1.54) is 6.07 Å². The second-order valence-corrected chi connectivity index (χ2v) is 4.15. The van der Waals surface area contributed by atoms with Gasteiger partial charge in [0, 0.05) is 19.2 Å². The third-order valence-corrected chi connectivity index (χ3v) is 2.56. The monoisotopic (exact) mass is 255 g/mol. The Hall–Kier alpha value is -0.970. The number of hydrogen-bond acceptors (Lipinski definition) is 3. The van der Waals surface area contributed by atoms with Gasteiger partial charge in [-0.25, -0.2) is 4.39 Å². The highest BCUT2D eigenvalue weighted by atomic mass is 19.1. The van der Waals surface area contributed by atoms with Crippen molar-refractivity contribution < 1.29 is 13.9 Å². The molecule has 0 heterocycles. The maximum absolute atomic E-state index is 13.5. The van der Waals surface area contributed by atoms with E-state index in [0.29, 0.717) is 18.8 Å². The molecular formula is C14H22FNO2. The molecule has 0 radical (unpaired) electrons. The van der Waals surface area contributed by atoms with Crippen LogP contribution >= 0.6 is 0 Å². The van der Waals surface area contributed by atoms with E-state index in [2.05, 4.69) is 12.2 Å². The smallest absolute Gasteiger partial charge is 0.128 e. The van der Waals surface area contributed by atoms with E-state index in [1.807, 2.05) is 6.07 Å². The highest BCUT2D eigenvalue weighted by molar-refractivity contribution is 5.24. The van der Waals surface area contributed by atoms with Crippen LogP contribution in [0.5, 0.6) is 0 Å². The van der Waals surface area contributed by atoms with Gasteiger partial charge in [0.1, 0.15) is 5.82 Å². The summed E-state index contributed by atoms with van der Waals surface area (Å²) in [6.45, 7) is 5.15. The first-order valence-electron chi connectivity index (χ1n) is 6.32. The van der Waals surface area contributed by atoms with Crippen molar-refractivity contribution in [3.63, 3.8) is 0 Å². The minimum absolute atomic E-state index is 0.216. The molecular weight excluding hydrogens is 233 g/mol. The Bertz CT molecular complexity index is 345. The molecule has 18 heavy (non-hydrogen) atoms. The first-order valence-corrected chi connectivity index (χ1v) is 6.32. The normalized spacial score (nSPS) is 10.8. The zero-order valence-electron chi connectivity index (χ0n) is 11.2. The molecule has 1 aromatic rings. The van der Waals surface area contributed by atoms with Crippen molar-refractivity contribution in [3.8, 4) is 0 Å². The molecule has 1 rings (SSSR count). The van der Waals surface area contributed by atoms with Crippen molar-refractivity contribution in [1.82, 2.24) is 5.32 Å². The predicted octanol–water partition coefficient (Wildman–Crippen LogP) is 2.49. The molecule has 0 aliphatic carbocycles. The zero-order chi connectivity index (χ0) is 13.2. The molecule has 102 valence electrons. The number of nitrogens with one attached hydrogen (secondary N) is 1. The Kier molecular flexibility index (Phi) is 7.57. The van der Waals surface area contributed by atoms with Gasteiger partial charge < -0.3 is 14.8 Å². The lowest BCUT2D eigenvalue weighted by molar-refractivity contribution is 0.0604. The van der Waals surface area contributed by atoms with Crippen LogP contribution in [0.2, 0.25) is 0 Å². The van der Waals surface area contributed by atoms with Gasteiger partial charge in [0.2, 0.25) is 0 Å². The van der Waals surface area contributed by atoms with Crippen LogP contribution in [0.3, 0.4) is 0 Å². The van der Waals surface area contributed by atoms with Gasteiger partial charge in [-0.1, -0.05) is 13.0 Å². The fraction of sp³-hybridized carbons (Fsp3) is 0.571. The van der Waals surface area contributed by atoms with Crippen LogP contribution in [0.25, 0.3) is 0 Å². The molecule has 3 nitrogen and oxygen atoms in total. The van der Waals surface area contributed by atoms with E-state index < -0.39 is 0 Å². The lowest BCUT2D eigenvalue weighted by Gasteiger charge is -2.08. The number of hydrogen-bond donors (Lipinski definition) is 1. The number of benzene rings is 1. The van der Waals surface area contributed by atoms with Crippen LogP contribution in [-0.2, 0) is 22.6 Å². The summed E-state index contributed by atoms with van der Waals surface area (Å²) in [7, 11) is 1.62. The molecule has 0 saturated carbocycles. The Morgan fingerprint density at radius 3 is 2.83 bits per heavy atom. The van der Waals surface area contributed by atoms with Crippen molar-refractivity contribution >= 4 is 0 Å². The van der Waals surface area contributed by atoms with E-state index in [-0.39, 0.29) is 12.4 Å². The Balaban J connectivity index is 2.46. The van der Waals surface area contributed by atoms with Gasteiger partial charge in [-0.2, -0.15) is 0 Å². The molecule has 0 amide bonds. The van der Waals surface area contributed by atoms with Crippen molar-refractivity contribution in [2.24, 2.45) is 0 Å². The van der Waals surface area contributed by atoms with E-state index in [4.69, 9.17) is 9.47 Å². The van der Waals surface area contributed by atoms with Crippen LogP contribution in [-0.4, -0.2) is 26.9 Å². The fourth-order valence-electron chi connectivity index (χ4n) is 1.58. The van der Waals surface area contributed by atoms with Gasteiger partial charge in [0.25, 0.3) is 0 Å². The second-order valence-electron chi connectivity index (χ2n) is 4.15. The lowest BCUT2D eigenvalue weighted by Crippen LogP contribution is -2.14. The highest BCUT2D eigenvalue weighted by Gasteiger charge is 2.04. The third-order valence-electron chi connectivity index (χ3n) is 2.56. The van der Waals surface area contributed by atoms with Gasteiger partial charge in [0.15, 0.2) is 0 Å². The minimum Gasteiger partial charge on any atom is -0.382 e. The number of methoxy groups -OCH3 is 1. The zero-order valence-corrected chi connectivity index (χ0v) is 11.2. The van der Waals surface area contributed by atoms with Gasteiger partial charge in [0.05, 0.1) is 19.8 Å². The summed E-state index contributed by atoms with van der Waals surface area (Å²) in [6, 6.07) is 5.15. The van der Waals surface area contributed by atoms with Crippen LogP contribution in [0.15, 0.2) is 18.2 Å². The summed E-state index contributed by atoms with van der Waals surface area (Å²) in [4.78, 5) is 0. The minimum atomic E-state index is -0.216. The van der Waals surface area contributed by atoms with E-state index in [0.717, 1.165) is 25.1 Å². The topological polar surface area (TPSA) is 30.5 Å². The van der Waals surface area contributed by atoms with Gasteiger partial charge >= 0.3 is 0 Å². The first-order chi connectivity index (χ1) is 8.77. The number of ether oxygens (including phenoxy) is 2. The average molecular weight is 255 g/mol. The van der Waals surface area contributed by atoms with Crippen molar-refractivity contribution in [3.05, 3.63) is 35.1 Å². The molecule has 0 aromatic heterocycles. The summed E-state index contributed by atoms with van der Waals surface area (Å²) >= 11 is 0. The summed E-state index contributed by atoms with van der Waals surface area (Å²) in [6.07, 6.45) is 1.09. The molecule has 4 heteroatoms. The average Bonchev–Trinajstić information content (AvgIpc) is 2.38. The van der Waals surface area contributed by atoms with Gasteiger partial charge in [-0.3, -0.25) is 0 Å². The quantitative estimate of drug-likeness (QED) is 0.688. The maximum Gasteiger partial charge on any atom is 0.128 e. The lowest BCUT2D eigenvalue weighted by atomic mass is 10.1. The van der Waals surface area contributed by atoms with Crippen LogP contribution < -0.4 is 5.32 Å². The summed E-state index contributed by atoms with van der Waals surface area (Å²) in [5.74, 6) is -0.216. The molecule has 1 aromatic carbocycles. The Labute approximate surface area is 108 Å². The largest absolute Gasteiger partial charge is 0.382 e. The third kappa shape index (κ3) is 5.58. The maximum atomic E-state index is 13.5. The van der Waals surface area contributed by atoms with E-state index >= 15 is 0 Å². The second kappa shape index (κ2) is 9.03. The van der Waals surface area contributed by atoms with E-state index in [1.54, 1.807) is 13.2 Å². The van der Waals surface area contributed by atoms with Crippen molar-refractivity contribution in [1.29, 1.82) is 0 Å². The molecule has 0 unspecified atom stereocenters. The van der Waals surface area contributed by atoms with Crippen molar-refractivity contribution in [2.75, 3.05) is 26.9 Å². The number of halogens is 1. The van der Waals surface area contributed by atoms with Gasteiger partial charge in [-0.15, -0.1) is 0 Å². The van der Waals surface area contributed by atoms with Crippen LogP contribution in [0, 0.1) is 5.82 Å². The number of rotatable bonds is 9. The summed E-state index contributed by atoms with van der Waals surface area (Å²) < 4.78 is 23.7. The molecule has 0 bridgehead atoms. The fourth-order valence-corrected chi connectivity index (χ4v) is 1.58. The van der Waals surface area contributed by atoms with Crippen LogP contribution in [0.1, 0.15) is 24.5 Å². The standard InChI is InChI=1S/C14H22FNO2/c1-3-6-16-10-12-4-5-14(15)13(9-12)11-18-8-7-17-2/h4-5,9,16H,3,6-8,10-11H2,1-2H3. The molecule has 0 saturated heterocycles. The highest BCUT2D eigenvalue weighted by Crippen LogP contribution is 2.12. The molecule has 0 atom stereocenters. The molecule has 0 aliphatic rings. The van der Waals surface area contributed by atoms with E-state index in [9.17, 15) is 4.39 Å². The molecule has 0 aliphatic heterocycles. The Morgan fingerprint density at radius 2 is 2.11 bits per heavy atom. The molecule has 1 N–H and O–H groups in total. The first kappa shape index (κ1) is 15.1. The van der Waals surface area contributed by atoms with Crippen LogP contribution in [0.4, 0.5) is 4.39 Å². The summed E-state index contributed by atoms with van der Waals surface area (Å²) in [5.41, 5.74) is 1.68.